The minimum atomic E-state index is 0.361. The summed E-state index contributed by atoms with van der Waals surface area (Å²) in [7, 11) is 0. The zero-order valence-corrected chi connectivity index (χ0v) is 13.3. The number of nitrogens with one attached hydrogen (secondary N) is 1. The molecule has 5 heteroatoms. The van der Waals surface area contributed by atoms with Crippen LogP contribution in [-0.2, 0) is 6.54 Å². The van der Waals surface area contributed by atoms with Gasteiger partial charge in [0.25, 0.3) is 0 Å². The summed E-state index contributed by atoms with van der Waals surface area (Å²) >= 11 is 6.99. The molecule has 0 bridgehead atoms. The number of nitrogens with zero attached hydrogens (tertiary/aromatic N) is 1. The lowest BCUT2D eigenvalue weighted by Crippen LogP contribution is -2.17. The summed E-state index contributed by atoms with van der Waals surface area (Å²) in [4.78, 5) is 5.81. The Morgan fingerprint density at radius 2 is 2.24 bits per heavy atom. The van der Waals surface area contributed by atoms with Crippen LogP contribution in [0.1, 0.15) is 34.1 Å². The van der Waals surface area contributed by atoms with E-state index >= 15 is 0 Å². The predicted molar refractivity (Wildman–Crippen MR) is 78.9 cm³/mol. The average Bonchev–Trinajstić information content (AvgIpc) is 2.81. The first-order valence-corrected chi connectivity index (χ1v) is 7.95. The van der Waals surface area contributed by atoms with Crippen LogP contribution < -0.4 is 5.32 Å². The Hall–Kier alpha value is -0.230. The summed E-state index contributed by atoms with van der Waals surface area (Å²) in [5.41, 5.74) is 2.48. The fourth-order valence-corrected chi connectivity index (χ4v) is 3.91. The Balaban J connectivity index is 1.97. The van der Waals surface area contributed by atoms with Crippen LogP contribution in [0.2, 0.25) is 0 Å². The van der Waals surface area contributed by atoms with Crippen LogP contribution in [0, 0.1) is 13.8 Å². The first-order chi connectivity index (χ1) is 8.06. The Morgan fingerprint density at radius 3 is 2.76 bits per heavy atom. The number of thiophene rings is 1. The van der Waals surface area contributed by atoms with E-state index in [1.807, 2.05) is 0 Å². The monoisotopic (exact) mass is 330 g/mol. The number of rotatable bonds is 4. The molecule has 2 aromatic rings. The van der Waals surface area contributed by atoms with Crippen LogP contribution in [0.25, 0.3) is 0 Å². The van der Waals surface area contributed by atoms with Gasteiger partial charge >= 0.3 is 0 Å². The summed E-state index contributed by atoms with van der Waals surface area (Å²) in [6, 6.07) is 2.52. The molecule has 0 aliphatic rings. The van der Waals surface area contributed by atoms with Gasteiger partial charge in [-0.05, 0) is 53.7 Å². The van der Waals surface area contributed by atoms with Crippen molar-refractivity contribution in [2.75, 3.05) is 0 Å². The zero-order valence-electron chi connectivity index (χ0n) is 10.1. The molecule has 2 aromatic heterocycles. The standard InChI is InChI=1S/C12H15BrN2S2/c1-7(12-8(2)15-9(3)17-12)14-5-10-4-11(13)16-6-10/h4,6-7,14H,5H2,1-3H3. The first-order valence-electron chi connectivity index (χ1n) is 5.46. The number of aromatic nitrogens is 1. The van der Waals surface area contributed by atoms with Crippen LogP contribution in [0.4, 0.5) is 0 Å². The summed E-state index contributed by atoms with van der Waals surface area (Å²) in [5.74, 6) is 0. The van der Waals surface area contributed by atoms with Crippen molar-refractivity contribution in [1.29, 1.82) is 0 Å². The van der Waals surface area contributed by atoms with E-state index < -0.39 is 0 Å². The Labute approximate surface area is 118 Å². The van der Waals surface area contributed by atoms with Gasteiger partial charge in [0.2, 0.25) is 0 Å². The van der Waals surface area contributed by atoms with E-state index in [9.17, 15) is 0 Å². The number of halogens is 1. The van der Waals surface area contributed by atoms with E-state index in [0.717, 1.165) is 17.2 Å². The molecule has 0 fully saturated rings. The molecule has 1 unspecified atom stereocenters. The molecule has 1 atom stereocenters. The number of aryl methyl sites for hydroxylation is 2. The average molecular weight is 331 g/mol. The Morgan fingerprint density at radius 1 is 1.47 bits per heavy atom. The summed E-state index contributed by atoms with van der Waals surface area (Å²) in [5, 5.41) is 6.86. The second kappa shape index (κ2) is 5.61. The highest BCUT2D eigenvalue weighted by molar-refractivity contribution is 9.11. The summed E-state index contributed by atoms with van der Waals surface area (Å²) in [6.45, 7) is 7.24. The third-order valence-electron chi connectivity index (χ3n) is 2.57. The second-order valence-corrected chi connectivity index (χ2v) is 7.57. The maximum absolute atomic E-state index is 4.46. The van der Waals surface area contributed by atoms with Gasteiger partial charge in [-0.2, -0.15) is 0 Å². The molecule has 92 valence electrons. The second-order valence-electron chi connectivity index (χ2n) is 4.04. The molecular formula is C12H15BrN2S2. The summed E-state index contributed by atoms with van der Waals surface area (Å²) < 4.78 is 1.19. The molecule has 1 N–H and O–H groups in total. The van der Waals surface area contributed by atoms with E-state index in [1.54, 1.807) is 22.7 Å². The highest BCUT2D eigenvalue weighted by Gasteiger charge is 2.12. The van der Waals surface area contributed by atoms with Crippen molar-refractivity contribution < 1.29 is 0 Å². The third kappa shape index (κ3) is 3.37. The van der Waals surface area contributed by atoms with Gasteiger partial charge in [0.05, 0.1) is 14.5 Å². The van der Waals surface area contributed by atoms with Crippen molar-refractivity contribution in [2.24, 2.45) is 0 Å². The summed E-state index contributed by atoms with van der Waals surface area (Å²) in [6.07, 6.45) is 0. The zero-order chi connectivity index (χ0) is 12.4. The van der Waals surface area contributed by atoms with Crippen molar-refractivity contribution in [3.63, 3.8) is 0 Å². The molecular weight excluding hydrogens is 316 g/mol. The van der Waals surface area contributed by atoms with Crippen LogP contribution in [0.3, 0.4) is 0 Å². The minimum Gasteiger partial charge on any atom is -0.305 e. The van der Waals surface area contributed by atoms with Gasteiger partial charge in [-0.3, -0.25) is 0 Å². The lowest BCUT2D eigenvalue weighted by molar-refractivity contribution is 0.580. The molecule has 17 heavy (non-hydrogen) atoms. The van der Waals surface area contributed by atoms with Crippen molar-refractivity contribution >= 4 is 38.6 Å². The van der Waals surface area contributed by atoms with E-state index in [-0.39, 0.29) is 0 Å². The molecule has 2 rings (SSSR count). The number of hydrogen-bond donors (Lipinski definition) is 1. The first kappa shape index (κ1) is 13.2. The fourth-order valence-electron chi connectivity index (χ4n) is 1.75. The van der Waals surface area contributed by atoms with Gasteiger partial charge in [-0.15, -0.1) is 22.7 Å². The molecule has 0 saturated carbocycles. The van der Waals surface area contributed by atoms with Gasteiger partial charge in [-0.25, -0.2) is 4.98 Å². The topological polar surface area (TPSA) is 24.9 Å². The quantitative estimate of drug-likeness (QED) is 0.896. The predicted octanol–water partition coefficient (Wildman–Crippen LogP) is 4.43. The van der Waals surface area contributed by atoms with Gasteiger partial charge in [-0.1, -0.05) is 0 Å². The highest BCUT2D eigenvalue weighted by Crippen LogP contribution is 2.25. The van der Waals surface area contributed by atoms with Crippen LogP contribution in [-0.4, -0.2) is 4.98 Å². The molecule has 0 aliphatic carbocycles. The van der Waals surface area contributed by atoms with E-state index in [4.69, 9.17) is 0 Å². The molecule has 0 radical (unpaired) electrons. The lowest BCUT2D eigenvalue weighted by Gasteiger charge is -2.11. The van der Waals surface area contributed by atoms with Crippen LogP contribution in [0.5, 0.6) is 0 Å². The van der Waals surface area contributed by atoms with Gasteiger partial charge in [0.15, 0.2) is 0 Å². The Kier molecular flexibility index (Phi) is 4.36. The SMILES string of the molecule is Cc1nc(C)c(C(C)NCc2csc(Br)c2)s1. The number of hydrogen-bond acceptors (Lipinski definition) is 4. The number of thiazole rings is 1. The van der Waals surface area contributed by atoms with Gasteiger partial charge in [0, 0.05) is 17.5 Å². The molecule has 0 saturated heterocycles. The van der Waals surface area contributed by atoms with Crippen molar-refractivity contribution in [2.45, 2.75) is 33.4 Å². The third-order valence-corrected chi connectivity index (χ3v) is 5.38. The lowest BCUT2D eigenvalue weighted by atomic mass is 10.2. The smallest absolute Gasteiger partial charge is 0.0900 e. The highest BCUT2D eigenvalue weighted by atomic mass is 79.9. The maximum atomic E-state index is 4.46. The molecule has 0 amide bonds. The van der Waals surface area contributed by atoms with E-state index in [1.165, 1.54) is 14.2 Å². The van der Waals surface area contributed by atoms with Gasteiger partial charge in [0.1, 0.15) is 0 Å². The van der Waals surface area contributed by atoms with Crippen molar-refractivity contribution in [3.8, 4) is 0 Å². The van der Waals surface area contributed by atoms with Crippen LogP contribution in [0.15, 0.2) is 15.2 Å². The van der Waals surface area contributed by atoms with E-state index in [0.29, 0.717) is 6.04 Å². The normalized spacial score (nSPS) is 12.9. The molecule has 2 heterocycles. The Bertz CT molecular complexity index is 504. The van der Waals surface area contributed by atoms with Crippen molar-refractivity contribution in [1.82, 2.24) is 10.3 Å². The van der Waals surface area contributed by atoms with E-state index in [2.05, 4.69) is 58.4 Å². The minimum absolute atomic E-state index is 0.361. The molecule has 0 aromatic carbocycles. The molecule has 0 spiro atoms. The molecule has 2 nitrogen and oxygen atoms in total. The van der Waals surface area contributed by atoms with Crippen LogP contribution >= 0.6 is 38.6 Å². The molecule has 0 aliphatic heterocycles. The largest absolute Gasteiger partial charge is 0.305 e. The maximum Gasteiger partial charge on any atom is 0.0900 e. The fraction of sp³-hybridized carbons (Fsp3) is 0.417. The van der Waals surface area contributed by atoms with Crippen molar-refractivity contribution in [3.05, 3.63) is 36.4 Å². The van der Waals surface area contributed by atoms with Gasteiger partial charge < -0.3 is 5.32 Å².